The predicted octanol–water partition coefficient (Wildman–Crippen LogP) is 10.6. The molecule has 0 aliphatic carbocycles. The van der Waals surface area contributed by atoms with E-state index in [1.54, 1.807) is 42.7 Å². The standard InChI is InChI=1S/C44H34Cl2N4O6/c1-27-32(25-55-41-15-40(34(22-51)13-38(41)45)53-24-31-12-35(48-3)21-50-20-31)7-5-9-36(27)37-10-6-8-33(28(37)2)26-56-42-16-44(43(52-4)14-39(42)46)54-23-30-11-29(17-47)18-49-19-30/h5-16,18-22H,23-26H2,1-2,4H3. The Hall–Kier alpha value is -6.59. The number of carbonyl (C=O) groups excluding carboxylic acids is 1. The van der Waals surface area contributed by atoms with Crippen LogP contribution in [-0.2, 0) is 26.4 Å². The fraction of sp³-hybridized carbons (Fsp3) is 0.159. The summed E-state index contributed by atoms with van der Waals surface area (Å²) in [4.78, 5) is 23.4. The number of nitriles is 1. The van der Waals surface area contributed by atoms with Gasteiger partial charge in [0.15, 0.2) is 17.8 Å². The Kier molecular flexibility index (Phi) is 12.7. The van der Waals surface area contributed by atoms with Crippen LogP contribution in [0.3, 0.4) is 0 Å². The van der Waals surface area contributed by atoms with Crippen LogP contribution >= 0.6 is 23.2 Å². The minimum atomic E-state index is 0.101. The Morgan fingerprint density at radius 3 is 1.84 bits per heavy atom. The average Bonchev–Trinajstić information content (AvgIpc) is 3.22. The lowest BCUT2D eigenvalue weighted by Crippen LogP contribution is -2.04. The molecule has 0 saturated carbocycles. The lowest BCUT2D eigenvalue weighted by molar-refractivity contribution is 0.111. The van der Waals surface area contributed by atoms with Gasteiger partial charge in [0.1, 0.15) is 49.7 Å². The number of benzene rings is 4. The van der Waals surface area contributed by atoms with E-state index in [-0.39, 0.29) is 37.0 Å². The van der Waals surface area contributed by atoms with E-state index >= 15 is 0 Å². The fourth-order valence-electron chi connectivity index (χ4n) is 5.92. The summed E-state index contributed by atoms with van der Waals surface area (Å²) in [6.07, 6.45) is 6.87. The third kappa shape index (κ3) is 9.19. The van der Waals surface area contributed by atoms with E-state index < -0.39 is 0 Å². The summed E-state index contributed by atoms with van der Waals surface area (Å²) < 4.78 is 29.9. The molecule has 10 nitrogen and oxygen atoms in total. The second-order valence-electron chi connectivity index (χ2n) is 12.6. The Morgan fingerprint density at radius 1 is 0.696 bits per heavy atom. The van der Waals surface area contributed by atoms with Crippen LogP contribution in [-0.4, -0.2) is 23.4 Å². The number of halogens is 2. The first-order chi connectivity index (χ1) is 27.2. The van der Waals surface area contributed by atoms with Gasteiger partial charge in [-0.25, -0.2) is 4.85 Å². The number of nitrogens with zero attached hydrogens (tertiary/aromatic N) is 4. The maximum absolute atomic E-state index is 11.8. The van der Waals surface area contributed by atoms with Crippen molar-refractivity contribution < 1.29 is 28.5 Å². The van der Waals surface area contributed by atoms with Crippen molar-refractivity contribution in [2.75, 3.05) is 7.11 Å². The lowest BCUT2D eigenvalue weighted by atomic mass is 9.92. The average molecular weight is 786 g/mol. The Bertz CT molecular complexity index is 2490. The van der Waals surface area contributed by atoms with Gasteiger partial charge >= 0.3 is 0 Å². The van der Waals surface area contributed by atoms with Crippen molar-refractivity contribution in [1.82, 2.24) is 9.97 Å². The number of hydrogen-bond acceptors (Lipinski definition) is 9. The molecule has 0 radical (unpaired) electrons. The van der Waals surface area contributed by atoms with Gasteiger partial charge in [-0.1, -0.05) is 59.6 Å². The van der Waals surface area contributed by atoms with E-state index in [1.165, 1.54) is 25.6 Å². The Labute approximate surface area is 334 Å². The molecule has 2 heterocycles. The van der Waals surface area contributed by atoms with Crippen LogP contribution in [0.2, 0.25) is 10.0 Å². The van der Waals surface area contributed by atoms with Crippen LogP contribution in [0.15, 0.2) is 97.6 Å². The maximum Gasteiger partial charge on any atom is 0.205 e. The first-order valence-corrected chi connectivity index (χ1v) is 18.0. The highest BCUT2D eigenvalue weighted by Crippen LogP contribution is 2.39. The van der Waals surface area contributed by atoms with Gasteiger partial charge in [0.25, 0.3) is 0 Å². The van der Waals surface area contributed by atoms with E-state index in [9.17, 15) is 10.1 Å². The molecule has 56 heavy (non-hydrogen) atoms. The number of pyridine rings is 2. The zero-order valence-electron chi connectivity index (χ0n) is 30.6. The fourth-order valence-corrected chi connectivity index (χ4v) is 6.35. The largest absolute Gasteiger partial charge is 0.493 e. The molecule has 0 aliphatic rings. The first kappa shape index (κ1) is 39.1. The van der Waals surface area contributed by atoms with Crippen molar-refractivity contribution in [3.63, 3.8) is 0 Å². The predicted molar refractivity (Wildman–Crippen MR) is 213 cm³/mol. The molecule has 0 amide bonds. The molecular weight excluding hydrogens is 751 g/mol. The monoisotopic (exact) mass is 784 g/mol. The van der Waals surface area contributed by atoms with E-state index in [0.717, 1.165) is 38.9 Å². The second kappa shape index (κ2) is 18.2. The summed E-state index contributed by atoms with van der Waals surface area (Å²) in [6.45, 7) is 12.0. The number of ether oxygens (including phenoxy) is 5. The molecule has 280 valence electrons. The molecule has 0 N–H and O–H groups in total. The second-order valence-corrected chi connectivity index (χ2v) is 13.4. The van der Waals surface area contributed by atoms with Crippen LogP contribution in [0.25, 0.3) is 16.0 Å². The van der Waals surface area contributed by atoms with Gasteiger partial charge in [-0.2, -0.15) is 5.26 Å². The van der Waals surface area contributed by atoms with Gasteiger partial charge in [-0.05, 0) is 71.0 Å². The third-order valence-corrected chi connectivity index (χ3v) is 9.57. The molecule has 6 aromatic rings. The van der Waals surface area contributed by atoms with Crippen molar-refractivity contribution in [3.8, 4) is 45.9 Å². The van der Waals surface area contributed by atoms with Gasteiger partial charge in [-0.15, -0.1) is 0 Å². The highest BCUT2D eigenvalue weighted by molar-refractivity contribution is 6.32. The summed E-state index contributed by atoms with van der Waals surface area (Å²) >= 11 is 13.1. The minimum absolute atomic E-state index is 0.101. The zero-order chi connectivity index (χ0) is 39.6. The van der Waals surface area contributed by atoms with Crippen LogP contribution in [0, 0.1) is 31.8 Å². The van der Waals surface area contributed by atoms with Crippen molar-refractivity contribution in [2.24, 2.45) is 0 Å². The van der Waals surface area contributed by atoms with Gasteiger partial charge in [0.05, 0.1) is 34.9 Å². The maximum atomic E-state index is 11.8. The third-order valence-electron chi connectivity index (χ3n) is 8.98. The Balaban J connectivity index is 1.16. The van der Waals surface area contributed by atoms with E-state index in [2.05, 4.69) is 33.0 Å². The lowest BCUT2D eigenvalue weighted by Gasteiger charge is -2.18. The Morgan fingerprint density at radius 2 is 1.25 bits per heavy atom. The van der Waals surface area contributed by atoms with Gasteiger partial charge in [0, 0.05) is 48.5 Å². The van der Waals surface area contributed by atoms with Crippen molar-refractivity contribution in [1.29, 1.82) is 5.26 Å². The highest BCUT2D eigenvalue weighted by Gasteiger charge is 2.17. The molecule has 0 fully saturated rings. The van der Waals surface area contributed by atoms with E-state index in [4.69, 9.17) is 53.5 Å². The van der Waals surface area contributed by atoms with Crippen LogP contribution in [0.1, 0.15) is 49.3 Å². The van der Waals surface area contributed by atoms with Crippen molar-refractivity contribution >= 4 is 35.2 Å². The molecule has 2 aromatic heterocycles. The number of rotatable bonds is 15. The topological polar surface area (TPSA) is 117 Å². The van der Waals surface area contributed by atoms with E-state index in [1.807, 2.05) is 38.1 Å². The summed E-state index contributed by atoms with van der Waals surface area (Å²) in [7, 11) is 1.53. The molecule has 0 spiro atoms. The quantitative estimate of drug-likeness (QED) is 0.0740. The van der Waals surface area contributed by atoms with E-state index in [0.29, 0.717) is 56.9 Å². The van der Waals surface area contributed by atoms with Crippen molar-refractivity contribution in [2.45, 2.75) is 40.3 Å². The molecule has 6 rings (SSSR count). The van der Waals surface area contributed by atoms with Crippen molar-refractivity contribution in [3.05, 3.63) is 164 Å². The summed E-state index contributed by atoms with van der Waals surface area (Å²) in [5.41, 5.74) is 8.54. The molecule has 12 heteroatoms. The van der Waals surface area contributed by atoms with Gasteiger partial charge < -0.3 is 23.7 Å². The molecule has 0 atom stereocenters. The smallest absolute Gasteiger partial charge is 0.205 e. The summed E-state index contributed by atoms with van der Waals surface area (Å²) in [5, 5.41) is 9.84. The SMILES string of the molecule is [C-]#[N+]c1cncc(COc2cc(OCc3cccc(-c4cccc(COc5cc(OCc6cncc(C#N)c6)c(OC)cc5Cl)c4C)c3C)c(Cl)cc2C=O)c1. The minimum Gasteiger partial charge on any atom is -0.493 e. The van der Waals surface area contributed by atoms with Gasteiger partial charge in [0.2, 0.25) is 5.69 Å². The molecule has 4 aromatic carbocycles. The number of methoxy groups -OCH3 is 1. The molecule has 0 saturated heterocycles. The number of hydrogen-bond donors (Lipinski definition) is 0. The number of aromatic nitrogens is 2. The summed E-state index contributed by atoms with van der Waals surface area (Å²) in [5.74, 6) is 1.95. The van der Waals surface area contributed by atoms with Crippen LogP contribution in [0.5, 0.6) is 28.7 Å². The molecule has 0 unspecified atom stereocenters. The highest BCUT2D eigenvalue weighted by atomic mass is 35.5. The molecule has 0 aliphatic heterocycles. The normalized spacial score (nSPS) is 10.6. The van der Waals surface area contributed by atoms with Crippen LogP contribution in [0.4, 0.5) is 5.69 Å². The molecular formula is C44H34Cl2N4O6. The van der Waals surface area contributed by atoms with Gasteiger partial charge in [-0.3, -0.25) is 14.8 Å². The number of carbonyl (C=O) groups is 1. The zero-order valence-corrected chi connectivity index (χ0v) is 32.1. The first-order valence-electron chi connectivity index (χ1n) is 17.2. The number of aldehydes is 1. The van der Waals surface area contributed by atoms with Crippen LogP contribution < -0.4 is 23.7 Å². The molecule has 0 bridgehead atoms. The summed E-state index contributed by atoms with van der Waals surface area (Å²) in [6, 6.07) is 24.0.